The maximum atomic E-state index is 4.12. The van der Waals surface area contributed by atoms with Crippen molar-refractivity contribution in [3.8, 4) is 0 Å². The number of thiol groups is 4. The van der Waals surface area contributed by atoms with Gasteiger partial charge in [-0.1, -0.05) is 83.1 Å². The van der Waals surface area contributed by atoms with Gasteiger partial charge < -0.3 is 0 Å². The van der Waals surface area contributed by atoms with Crippen LogP contribution in [0.15, 0.2) is 0 Å². The van der Waals surface area contributed by atoms with E-state index in [2.05, 4.69) is 134 Å². The van der Waals surface area contributed by atoms with E-state index < -0.39 is 0 Å². The largest absolute Gasteiger partial charge is 0.173 e. The predicted molar refractivity (Wildman–Crippen MR) is 121 cm³/mol. The van der Waals surface area contributed by atoms with Gasteiger partial charge in [-0.3, -0.25) is 0 Å². The molecule has 0 aliphatic heterocycles. The van der Waals surface area contributed by atoms with Gasteiger partial charge in [0.25, 0.3) is 0 Å². The molecule has 5 heteroatoms. The van der Waals surface area contributed by atoms with Gasteiger partial charge in [-0.15, -0.1) is 0 Å². The van der Waals surface area contributed by atoms with E-state index in [1.54, 1.807) is 0 Å². The van der Waals surface area contributed by atoms with Crippen LogP contribution in [-0.2, 0) is 0 Å². The summed E-state index contributed by atoms with van der Waals surface area (Å²) in [5, 5.41) is 0. The van der Waals surface area contributed by atoms with Crippen molar-refractivity contribution >= 4 is 68.1 Å². The maximum Gasteiger partial charge on any atom is 0.00449 e. The third kappa shape index (κ3) is 2310. The molecule has 0 spiro atoms. The molecule has 0 N–H and O–H groups in total. The molecule has 0 aromatic rings. The molecule has 0 rings (SSSR count). The fourth-order valence-corrected chi connectivity index (χ4v) is 0. The van der Waals surface area contributed by atoms with E-state index in [4.69, 9.17) is 0 Å². The smallest absolute Gasteiger partial charge is 0.00449 e. The Morgan fingerprint density at radius 1 is 0.333 bits per heavy atom. The topological polar surface area (TPSA) is 0 Å². The Labute approximate surface area is 169 Å². The third-order valence-electron chi connectivity index (χ3n) is 0. The van der Waals surface area contributed by atoms with Crippen molar-refractivity contribution < 1.29 is 0 Å². The van der Waals surface area contributed by atoms with E-state index in [9.17, 15) is 0 Å². The first kappa shape index (κ1) is 34.3. The molecule has 0 aromatic heterocycles. The molecule has 0 atom stereocenters. The standard InChI is InChI=1S/4C4H10S.Ge/c4*1-4(2,3)5;/h4*5H,1-3H3;. The van der Waals surface area contributed by atoms with Crippen LogP contribution in [0.5, 0.6) is 0 Å². The van der Waals surface area contributed by atoms with Crippen LogP contribution in [0.25, 0.3) is 0 Å². The summed E-state index contributed by atoms with van der Waals surface area (Å²) in [6, 6.07) is 0. The Hall–Kier alpha value is 1.94. The van der Waals surface area contributed by atoms with Crippen LogP contribution in [0.3, 0.4) is 0 Å². The molecule has 4 radical (unpaired) electrons. The van der Waals surface area contributed by atoms with Gasteiger partial charge in [0.05, 0.1) is 0 Å². The third-order valence-corrected chi connectivity index (χ3v) is 0. The first-order chi connectivity index (χ1) is 8.00. The van der Waals surface area contributed by atoms with Gasteiger partial charge in [0, 0.05) is 36.6 Å². The molecule has 132 valence electrons. The zero-order valence-electron chi connectivity index (χ0n) is 16.3. The van der Waals surface area contributed by atoms with Gasteiger partial charge in [0.1, 0.15) is 0 Å². The molecule has 0 aliphatic carbocycles. The van der Waals surface area contributed by atoms with E-state index in [1.165, 1.54) is 0 Å². The summed E-state index contributed by atoms with van der Waals surface area (Å²) in [7, 11) is 0. The van der Waals surface area contributed by atoms with Crippen LogP contribution < -0.4 is 0 Å². The molecule has 0 nitrogen and oxygen atoms in total. The summed E-state index contributed by atoms with van der Waals surface area (Å²) in [6.07, 6.45) is 0. The molecule has 0 saturated heterocycles. The molecule has 0 amide bonds. The molecule has 0 aliphatic rings. The minimum absolute atomic E-state index is 0. The van der Waals surface area contributed by atoms with Crippen LogP contribution in [0, 0.1) is 0 Å². The van der Waals surface area contributed by atoms with Crippen molar-refractivity contribution in [2.45, 2.75) is 102 Å². The molecule has 21 heavy (non-hydrogen) atoms. The molecule has 0 bridgehead atoms. The van der Waals surface area contributed by atoms with E-state index >= 15 is 0 Å². The first-order valence-corrected chi connectivity index (χ1v) is 8.68. The monoisotopic (exact) mass is 434 g/mol. The summed E-state index contributed by atoms with van der Waals surface area (Å²) in [5.74, 6) is 0. The summed E-state index contributed by atoms with van der Waals surface area (Å²) < 4.78 is 0.778. The summed E-state index contributed by atoms with van der Waals surface area (Å²) in [5.41, 5.74) is 0. The molecule has 0 heterocycles. The maximum absolute atomic E-state index is 4.12. The SMILES string of the molecule is CC(C)(C)S.CC(C)(C)S.CC(C)(C)S.CC(C)(C)S.[Ge]. The van der Waals surface area contributed by atoms with E-state index in [0.29, 0.717) is 0 Å². The normalized spacial score (nSPS) is 11.4. The predicted octanol–water partition coefficient (Wildman–Crippen LogP) is 6.48. The van der Waals surface area contributed by atoms with Crippen molar-refractivity contribution in [3.05, 3.63) is 0 Å². The Bertz CT molecular complexity index is 130. The summed E-state index contributed by atoms with van der Waals surface area (Å²) in [6.45, 7) is 24.6. The Morgan fingerprint density at radius 3 is 0.333 bits per heavy atom. The molecular weight excluding hydrogens is 393 g/mol. The van der Waals surface area contributed by atoms with Crippen molar-refractivity contribution in [2.75, 3.05) is 0 Å². The Morgan fingerprint density at radius 2 is 0.333 bits per heavy atom. The van der Waals surface area contributed by atoms with Crippen LogP contribution >= 0.6 is 50.5 Å². The van der Waals surface area contributed by atoms with Gasteiger partial charge in [0.15, 0.2) is 0 Å². The number of hydrogen-bond acceptors (Lipinski definition) is 4. The Balaban J connectivity index is -0.0000000533. The van der Waals surface area contributed by atoms with Crippen LogP contribution in [0.2, 0.25) is 0 Å². The first-order valence-electron chi connectivity index (χ1n) is 6.89. The van der Waals surface area contributed by atoms with Gasteiger partial charge in [-0.25, -0.2) is 0 Å². The minimum Gasteiger partial charge on any atom is -0.173 e. The Kier molecular flexibility index (Phi) is 23.4. The number of hydrogen-bond donors (Lipinski definition) is 4. The summed E-state index contributed by atoms with van der Waals surface area (Å²) >= 11 is 16.5. The number of rotatable bonds is 0. The van der Waals surface area contributed by atoms with Crippen molar-refractivity contribution in [1.82, 2.24) is 0 Å². The second-order valence-corrected chi connectivity index (χ2v) is 14.0. The van der Waals surface area contributed by atoms with Gasteiger partial charge in [0.2, 0.25) is 0 Å². The summed E-state index contributed by atoms with van der Waals surface area (Å²) in [4.78, 5) is 0. The average Bonchev–Trinajstić information content (AvgIpc) is 1.62. The fourth-order valence-electron chi connectivity index (χ4n) is 0. The van der Waals surface area contributed by atoms with E-state index in [1.807, 2.05) is 0 Å². The van der Waals surface area contributed by atoms with Crippen molar-refractivity contribution in [1.29, 1.82) is 0 Å². The van der Waals surface area contributed by atoms with Crippen molar-refractivity contribution in [3.63, 3.8) is 0 Å². The molecule has 0 fully saturated rings. The quantitative estimate of drug-likeness (QED) is 0.244. The minimum atomic E-state index is 0. The van der Waals surface area contributed by atoms with Crippen LogP contribution in [-0.4, -0.2) is 36.6 Å². The molecule has 0 aromatic carbocycles. The average molecular weight is 433 g/mol. The van der Waals surface area contributed by atoms with Gasteiger partial charge in [-0.2, -0.15) is 50.5 Å². The van der Waals surface area contributed by atoms with Gasteiger partial charge >= 0.3 is 0 Å². The van der Waals surface area contributed by atoms with Crippen molar-refractivity contribution in [2.24, 2.45) is 0 Å². The van der Waals surface area contributed by atoms with E-state index in [0.717, 1.165) is 0 Å². The van der Waals surface area contributed by atoms with E-state index in [-0.39, 0.29) is 36.6 Å². The second kappa shape index (κ2) is 14.3. The van der Waals surface area contributed by atoms with Gasteiger partial charge in [-0.05, 0) is 0 Å². The zero-order valence-corrected chi connectivity index (χ0v) is 22.0. The molecular formula is C16H40GeS4. The second-order valence-electron chi connectivity index (χ2n) is 8.68. The van der Waals surface area contributed by atoms with Crippen LogP contribution in [0.4, 0.5) is 0 Å². The zero-order chi connectivity index (χ0) is 18.0. The molecule has 0 saturated carbocycles. The molecule has 0 unspecified atom stereocenters. The van der Waals surface area contributed by atoms with Crippen LogP contribution in [0.1, 0.15) is 83.1 Å². The fraction of sp³-hybridized carbons (Fsp3) is 1.00.